The number of nitrogens with zero attached hydrogens (tertiary/aromatic N) is 1. The van der Waals surface area contributed by atoms with E-state index in [0.717, 1.165) is 44.1 Å². The van der Waals surface area contributed by atoms with Gasteiger partial charge in [0.05, 0.1) is 0 Å². The van der Waals surface area contributed by atoms with Crippen molar-refractivity contribution in [3.63, 3.8) is 0 Å². The highest BCUT2D eigenvalue weighted by Gasteiger charge is 2.03. The zero-order valence-electron chi connectivity index (χ0n) is 14.9. The van der Waals surface area contributed by atoms with Gasteiger partial charge >= 0.3 is 0 Å². The molecule has 0 saturated carbocycles. The zero-order chi connectivity index (χ0) is 17.5. The quantitative estimate of drug-likeness (QED) is 0.344. The fourth-order valence-electron chi connectivity index (χ4n) is 2.07. The van der Waals surface area contributed by atoms with E-state index in [-0.39, 0.29) is 0 Å². The summed E-state index contributed by atoms with van der Waals surface area (Å²) in [5.41, 5.74) is 1.11. The number of aliphatic imine (C=N–C) groups is 1. The average Bonchev–Trinajstić information content (AvgIpc) is 2.60. The Hall–Kier alpha value is -1.40. The predicted molar refractivity (Wildman–Crippen MR) is 103 cm³/mol. The third-order valence-electron chi connectivity index (χ3n) is 3.42. The van der Waals surface area contributed by atoms with E-state index in [1.54, 1.807) is 7.05 Å². The van der Waals surface area contributed by atoms with Crippen molar-refractivity contribution in [3.05, 3.63) is 35.9 Å². The molecule has 1 unspecified atom stereocenters. The Kier molecular flexibility index (Phi) is 12.0. The maximum atomic E-state index is 12.1. The fourth-order valence-corrected chi connectivity index (χ4v) is 3.10. The molecule has 0 aromatic heterocycles. The van der Waals surface area contributed by atoms with Gasteiger partial charge in [-0.15, -0.1) is 0 Å². The van der Waals surface area contributed by atoms with Crippen LogP contribution in [0.1, 0.15) is 31.7 Å². The summed E-state index contributed by atoms with van der Waals surface area (Å²) in [6, 6.07) is 9.94. The van der Waals surface area contributed by atoms with Gasteiger partial charge in [-0.25, -0.2) is 0 Å². The minimum absolute atomic E-state index is 0.601. The molecule has 0 bridgehead atoms. The van der Waals surface area contributed by atoms with E-state index in [1.165, 1.54) is 6.42 Å². The Morgan fingerprint density at radius 1 is 1.12 bits per heavy atom. The summed E-state index contributed by atoms with van der Waals surface area (Å²) in [6.07, 6.45) is 3.24. The number of rotatable bonds is 12. The standard InChI is InChI=1S/C18H31N3O2S/c1-3-4-13-23-14-8-11-20-18(19-2)21-12-15-24(22)16-17-9-6-5-7-10-17/h5-7,9-10H,3-4,8,11-16H2,1-2H3,(H2,19,20,21). The third-order valence-corrected chi connectivity index (χ3v) is 4.73. The molecule has 0 aliphatic rings. The Labute approximate surface area is 148 Å². The highest BCUT2D eigenvalue weighted by molar-refractivity contribution is 7.84. The summed E-state index contributed by atoms with van der Waals surface area (Å²) in [4.78, 5) is 4.17. The molecule has 0 saturated heterocycles. The smallest absolute Gasteiger partial charge is 0.191 e. The Bertz CT molecular complexity index is 480. The van der Waals surface area contributed by atoms with Crippen molar-refractivity contribution in [1.29, 1.82) is 0 Å². The van der Waals surface area contributed by atoms with Crippen LogP contribution < -0.4 is 10.6 Å². The van der Waals surface area contributed by atoms with Crippen molar-refractivity contribution in [2.75, 3.05) is 39.1 Å². The molecule has 1 atom stereocenters. The van der Waals surface area contributed by atoms with Crippen LogP contribution in [0.3, 0.4) is 0 Å². The van der Waals surface area contributed by atoms with Crippen LogP contribution in [0.2, 0.25) is 0 Å². The lowest BCUT2D eigenvalue weighted by molar-refractivity contribution is 0.129. The number of ether oxygens (including phenoxy) is 1. The van der Waals surface area contributed by atoms with Crippen molar-refractivity contribution in [2.45, 2.75) is 31.9 Å². The molecular weight excluding hydrogens is 322 g/mol. The molecule has 1 rings (SSSR count). The summed E-state index contributed by atoms with van der Waals surface area (Å²) in [7, 11) is 0.877. The summed E-state index contributed by atoms with van der Waals surface area (Å²) in [5.74, 6) is 1.96. The maximum absolute atomic E-state index is 12.1. The van der Waals surface area contributed by atoms with E-state index in [1.807, 2.05) is 30.3 Å². The molecule has 2 N–H and O–H groups in total. The second kappa shape index (κ2) is 14.0. The van der Waals surface area contributed by atoms with E-state index in [4.69, 9.17) is 4.74 Å². The van der Waals surface area contributed by atoms with Crippen LogP contribution in [0.4, 0.5) is 0 Å². The van der Waals surface area contributed by atoms with Gasteiger partial charge in [-0.1, -0.05) is 43.7 Å². The third kappa shape index (κ3) is 10.4. The van der Waals surface area contributed by atoms with Crippen LogP contribution in [0.25, 0.3) is 0 Å². The minimum atomic E-state index is -0.867. The molecule has 0 heterocycles. The molecule has 0 aliphatic heterocycles. The van der Waals surface area contributed by atoms with Crippen LogP contribution in [0.5, 0.6) is 0 Å². The lowest BCUT2D eigenvalue weighted by atomic mass is 10.2. The van der Waals surface area contributed by atoms with Crippen LogP contribution >= 0.6 is 0 Å². The van der Waals surface area contributed by atoms with Crippen molar-refractivity contribution in [3.8, 4) is 0 Å². The van der Waals surface area contributed by atoms with Crippen molar-refractivity contribution in [1.82, 2.24) is 10.6 Å². The first-order valence-corrected chi connectivity index (χ1v) is 10.2. The lowest BCUT2D eigenvalue weighted by Gasteiger charge is -2.12. The largest absolute Gasteiger partial charge is 0.381 e. The first kappa shape index (κ1) is 20.6. The highest BCUT2D eigenvalue weighted by Crippen LogP contribution is 2.02. The van der Waals surface area contributed by atoms with Gasteiger partial charge in [-0.3, -0.25) is 9.20 Å². The van der Waals surface area contributed by atoms with Gasteiger partial charge in [-0.2, -0.15) is 0 Å². The van der Waals surface area contributed by atoms with Gasteiger partial charge in [0.15, 0.2) is 5.96 Å². The van der Waals surface area contributed by atoms with Gasteiger partial charge in [0.2, 0.25) is 0 Å². The Morgan fingerprint density at radius 2 is 1.83 bits per heavy atom. The number of hydrogen-bond acceptors (Lipinski definition) is 3. The predicted octanol–water partition coefficient (Wildman–Crippen LogP) is 2.31. The maximum Gasteiger partial charge on any atom is 0.191 e. The summed E-state index contributed by atoms with van der Waals surface area (Å²) in [6.45, 7) is 5.24. The average molecular weight is 354 g/mol. The zero-order valence-corrected chi connectivity index (χ0v) is 15.7. The number of benzene rings is 1. The van der Waals surface area contributed by atoms with Crippen LogP contribution in [-0.2, 0) is 21.3 Å². The van der Waals surface area contributed by atoms with Gasteiger partial charge in [0.1, 0.15) is 0 Å². The highest BCUT2D eigenvalue weighted by atomic mass is 32.2. The molecule has 0 fully saturated rings. The van der Waals surface area contributed by atoms with Crippen molar-refractivity contribution >= 4 is 16.8 Å². The van der Waals surface area contributed by atoms with Crippen LogP contribution in [0, 0.1) is 0 Å². The minimum Gasteiger partial charge on any atom is -0.381 e. The van der Waals surface area contributed by atoms with E-state index < -0.39 is 10.8 Å². The van der Waals surface area contributed by atoms with Gasteiger partial charge in [0.25, 0.3) is 0 Å². The Morgan fingerprint density at radius 3 is 2.54 bits per heavy atom. The second-order valence-electron chi connectivity index (χ2n) is 5.52. The monoisotopic (exact) mass is 353 g/mol. The van der Waals surface area contributed by atoms with Crippen LogP contribution in [-0.4, -0.2) is 49.3 Å². The summed E-state index contributed by atoms with van der Waals surface area (Å²) < 4.78 is 17.6. The van der Waals surface area contributed by atoms with Gasteiger partial charge < -0.3 is 15.4 Å². The van der Waals surface area contributed by atoms with Crippen molar-refractivity contribution in [2.24, 2.45) is 4.99 Å². The van der Waals surface area contributed by atoms with E-state index in [0.29, 0.717) is 18.1 Å². The number of nitrogens with one attached hydrogen (secondary N) is 2. The molecule has 0 spiro atoms. The molecule has 6 heteroatoms. The van der Waals surface area contributed by atoms with Gasteiger partial charge in [0, 0.05) is 55.7 Å². The number of unbranched alkanes of at least 4 members (excludes halogenated alkanes) is 1. The molecule has 1 aromatic carbocycles. The van der Waals surface area contributed by atoms with E-state index in [2.05, 4.69) is 22.5 Å². The molecule has 24 heavy (non-hydrogen) atoms. The molecular formula is C18H31N3O2S. The van der Waals surface area contributed by atoms with Crippen molar-refractivity contribution < 1.29 is 8.95 Å². The van der Waals surface area contributed by atoms with Gasteiger partial charge in [-0.05, 0) is 18.4 Å². The lowest BCUT2D eigenvalue weighted by Crippen LogP contribution is -2.39. The van der Waals surface area contributed by atoms with E-state index in [9.17, 15) is 4.21 Å². The topological polar surface area (TPSA) is 62.7 Å². The first-order chi connectivity index (χ1) is 11.8. The molecule has 0 radical (unpaired) electrons. The number of guanidine groups is 1. The SMILES string of the molecule is CCCCOCCCNC(=NC)NCCS(=O)Cc1ccccc1. The van der Waals surface area contributed by atoms with Crippen LogP contribution in [0.15, 0.2) is 35.3 Å². The second-order valence-corrected chi connectivity index (χ2v) is 7.10. The normalized spacial score (nSPS) is 12.8. The summed E-state index contributed by atoms with van der Waals surface area (Å²) in [5, 5.41) is 6.45. The fraction of sp³-hybridized carbons (Fsp3) is 0.611. The molecule has 0 amide bonds. The summed E-state index contributed by atoms with van der Waals surface area (Å²) >= 11 is 0. The molecule has 0 aliphatic carbocycles. The number of hydrogen-bond donors (Lipinski definition) is 2. The van der Waals surface area contributed by atoms with E-state index >= 15 is 0 Å². The Balaban J connectivity index is 2.08. The molecule has 1 aromatic rings. The molecule has 5 nitrogen and oxygen atoms in total. The first-order valence-electron chi connectivity index (χ1n) is 8.67. The molecule has 136 valence electrons.